The average Bonchev–Trinajstić information content (AvgIpc) is 2.46. The predicted molar refractivity (Wildman–Crippen MR) is 89.3 cm³/mol. The number of anilines is 1. The van der Waals surface area contributed by atoms with Crippen molar-refractivity contribution >= 4 is 33.6 Å². The largest absolute Gasteiger partial charge is 0.354 e. The topological polar surface area (TPSA) is 37.8 Å². The molecule has 0 saturated heterocycles. The third-order valence-electron chi connectivity index (χ3n) is 2.87. The van der Waals surface area contributed by atoms with Crippen LogP contribution >= 0.6 is 27.7 Å². The molecule has 1 heterocycles. The fourth-order valence-corrected chi connectivity index (χ4v) is 3.18. The molecule has 0 aliphatic rings. The molecule has 0 radical (unpaired) electrons. The van der Waals surface area contributed by atoms with E-state index < -0.39 is 0 Å². The lowest BCUT2D eigenvalue weighted by atomic mass is 10.1. The van der Waals surface area contributed by atoms with Gasteiger partial charge in [-0.1, -0.05) is 31.2 Å². The molecule has 0 aliphatic carbocycles. The molecule has 5 heteroatoms. The fraction of sp³-hybridized carbons (Fsp3) is 0.333. The average molecular weight is 352 g/mol. The number of hydrogen-bond acceptors (Lipinski definition) is 4. The van der Waals surface area contributed by atoms with Gasteiger partial charge in [-0.15, -0.1) is 11.8 Å². The SMILES string of the molecule is CCCNc1ncc(Br)c(SCc2ccccc2C)n1. The zero-order chi connectivity index (χ0) is 14.4. The van der Waals surface area contributed by atoms with Crippen molar-refractivity contribution in [2.24, 2.45) is 0 Å². The van der Waals surface area contributed by atoms with Gasteiger partial charge >= 0.3 is 0 Å². The van der Waals surface area contributed by atoms with Crippen molar-refractivity contribution in [1.82, 2.24) is 9.97 Å². The van der Waals surface area contributed by atoms with Crippen LogP contribution in [0.15, 0.2) is 40.0 Å². The smallest absolute Gasteiger partial charge is 0.223 e. The van der Waals surface area contributed by atoms with Gasteiger partial charge in [-0.05, 0) is 40.4 Å². The molecule has 2 aromatic rings. The minimum absolute atomic E-state index is 0.697. The number of benzene rings is 1. The molecule has 0 unspecified atom stereocenters. The van der Waals surface area contributed by atoms with Crippen molar-refractivity contribution in [3.63, 3.8) is 0 Å². The van der Waals surface area contributed by atoms with Gasteiger partial charge in [0.05, 0.1) is 4.47 Å². The lowest BCUT2D eigenvalue weighted by Gasteiger charge is -2.08. The molecule has 0 saturated carbocycles. The third kappa shape index (κ3) is 4.21. The van der Waals surface area contributed by atoms with Crippen LogP contribution in [0.1, 0.15) is 24.5 Å². The van der Waals surface area contributed by atoms with Crippen LogP contribution in [0.4, 0.5) is 5.95 Å². The van der Waals surface area contributed by atoms with Crippen LogP contribution in [0.3, 0.4) is 0 Å². The molecule has 20 heavy (non-hydrogen) atoms. The normalized spacial score (nSPS) is 10.6. The number of aryl methyl sites for hydroxylation is 1. The van der Waals surface area contributed by atoms with Crippen LogP contribution in [0.2, 0.25) is 0 Å². The van der Waals surface area contributed by atoms with E-state index in [1.807, 2.05) is 6.20 Å². The second-order valence-electron chi connectivity index (χ2n) is 4.49. The molecule has 0 amide bonds. The van der Waals surface area contributed by atoms with E-state index in [2.05, 4.69) is 69.3 Å². The Balaban J connectivity index is 2.07. The van der Waals surface area contributed by atoms with E-state index in [-0.39, 0.29) is 0 Å². The maximum atomic E-state index is 4.55. The predicted octanol–water partition coefficient (Wildman–Crippen LogP) is 4.66. The highest BCUT2D eigenvalue weighted by Crippen LogP contribution is 2.29. The molecule has 3 nitrogen and oxygen atoms in total. The van der Waals surface area contributed by atoms with E-state index in [4.69, 9.17) is 0 Å². The molecule has 0 fully saturated rings. The van der Waals surface area contributed by atoms with E-state index >= 15 is 0 Å². The highest BCUT2D eigenvalue weighted by molar-refractivity contribution is 9.10. The second kappa shape index (κ2) is 7.64. The molecule has 0 aliphatic heterocycles. The monoisotopic (exact) mass is 351 g/mol. The Morgan fingerprint density at radius 1 is 1.30 bits per heavy atom. The van der Waals surface area contributed by atoms with E-state index in [0.29, 0.717) is 5.95 Å². The van der Waals surface area contributed by atoms with Crippen LogP contribution in [0, 0.1) is 6.92 Å². The van der Waals surface area contributed by atoms with Gasteiger partial charge in [0.25, 0.3) is 0 Å². The van der Waals surface area contributed by atoms with Gasteiger partial charge in [0, 0.05) is 18.5 Å². The van der Waals surface area contributed by atoms with E-state index in [0.717, 1.165) is 28.2 Å². The lowest BCUT2D eigenvalue weighted by Crippen LogP contribution is -2.04. The molecule has 0 spiro atoms. The molecule has 1 aromatic heterocycles. The fourth-order valence-electron chi connectivity index (χ4n) is 1.69. The molecular weight excluding hydrogens is 334 g/mol. The van der Waals surface area contributed by atoms with E-state index in [1.165, 1.54) is 11.1 Å². The first-order chi connectivity index (χ1) is 9.70. The lowest BCUT2D eigenvalue weighted by molar-refractivity contribution is 0.930. The molecule has 106 valence electrons. The number of thioether (sulfide) groups is 1. The Morgan fingerprint density at radius 3 is 2.85 bits per heavy atom. The first-order valence-electron chi connectivity index (χ1n) is 6.64. The first kappa shape index (κ1) is 15.3. The number of hydrogen-bond donors (Lipinski definition) is 1. The minimum Gasteiger partial charge on any atom is -0.354 e. The summed E-state index contributed by atoms with van der Waals surface area (Å²) in [5, 5.41) is 4.19. The molecule has 1 N–H and O–H groups in total. The summed E-state index contributed by atoms with van der Waals surface area (Å²) in [5.41, 5.74) is 2.65. The zero-order valence-corrected chi connectivity index (χ0v) is 14.1. The van der Waals surface area contributed by atoms with Gasteiger partial charge < -0.3 is 5.32 Å². The Labute approximate surface area is 132 Å². The Hall–Kier alpha value is -1.07. The Morgan fingerprint density at radius 2 is 2.10 bits per heavy atom. The van der Waals surface area contributed by atoms with Crippen LogP contribution in [-0.4, -0.2) is 16.5 Å². The summed E-state index contributed by atoms with van der Waals surface area (Å²) < 4.78 is 0.943. The number of nitrogens with one attached hydrogen (secondary N) is 1. The summed E-state index contributed by atoms with van der Waals surface area (Å²) in [5.74, 6) is 1.61. The van der Waals surface area contributed by atoms with Crippen LogP contribution in [0.25, 0.3) is 0 Å². The first-order valence-corrected chi connectivity index (χ1v) is 8.42. The van der Waals surface area contributed by atoms with Crippen LogP contribution in [0.5, 0.6) is 0 Å². The molecule has 0 bridgehead atoms. The van der Waals surface area contributed by atoms with Crippen molar-refractivity contribution < 1.29 is 0 Å². The maximum absolute atomic E-state index is 4.55. The number of nitrogens with zero attached hydrogens (tertiary/aromatic N) is 2. The molecule has 0 atom stereocenters. The highest BCUT2D eigenvalue weighted by Gasteiger charge is 2.07. The van der Waals surface area contributed by atoms with Gasteiger partial charge in [-0.25, -0.2) is 9.97 Å². The minimum atomic E-state index is 0.697. The zero-order valence-electron chi connectivity index (χ0n) is 11.7. The van der Waals surface area contributed by atoms with Crippen molar-refractivity contribution in [3.05, 3.63) is 46.1 Å². The van der Waals surface area contributed by atoms with Crippen molar-refractivity contribution in [2.75, 3.05) is 11.9 Å². The molecular formula is C15H18BrN3S. The van der Waals surface area contributed by atoms with Gasteiger partial charge in [0.1, 0.15) is 5.03 Å². The Bertz CT molecular complexity index is 575. The van der Waals surface area contributed by atoms with Crippen LogP contribution < -0.4 is 5.32 Å². The quantitative estimate of drug-likeness (QED) is 0.606. The van der Waals surface area contributed by atoms with E-state index in [1.54, 1.807) is 11.8 Å². The maximum Gasteiger partial charge on any atom is 0.223 e. The highest BCUT2D eigenvalue weighted by atomic mass is 79.9. The van der Waals surface area contributed by atoms with Gasteiger partial charge in [0.15, 0.2) is 0 Å². The Kier molecular flexibility index (Phi) is 5.86. The summed E-state index contributed by atoms with van der Waals surface area (Å²) in [7, 11) is 0. The number of rotatable bonds is 6. The summed E-state index contributed by atoms with van der Waals surface area (Å²) in [6.07, 6.45) is 2.87. The standard InChI is InChI=1S/C15H18BrN3S/c1-3-8-17-15-18-9-13(16)14(19-15)20-10-12-7-5-4-6-11(12)2/h4-7,9H,3,8,10H2,1-2H3,(H,17,18,19). The second-order valence-corrected chi connectivity index (χ2v) is 6.31. The van der Waals surface area contributed by atoms with Crippen molar-refractivity contribution in [3.8, 4) is 0 Å². The molecule has 1 aromatic carbocycles. The summed E-state index contributed by atoms with van der Waals surface area (Å²) in [4.78, 5) is 8.81. The number of aromatic nitrogens is 2. The van der Waals surface area contributed by atoms with Crippen LogP contribution in [-0.2, 0) is 5.75 Å². The van der Waals surface area contributed by atoms with Crippen molar-refractivity contribution in [2.45, 2.75) is 31.0 Å². The summed E-state index contributed by atoms with van der Waals surface area (Å²) >= 11 is 5.24. The van der Waals surface area contributed by atoms with E-state index in [9.17, 15) is 0 Å². The van der Waals surface area contributed by atoms with Gasteiger partial charge in [0.2, 0.25) is 5.95 Å². The third-order valence-corrected chi connectivity index (χ3v) is 4.75. The van der Waals surface area contributed by atoms with Gasteiger partial charge in [-0.2, -0.15) is 0 Å². The number of halogens is 1. The summed E-state index contributed by atoms with van der Waals surface area (Å²) in [6.45, 7) is 5.16. The molecule has 2 rings (SSSR count). The summed E-state index contributed by atoms with van der Waals surface area (Å²) in [6, 6.07) is 8.44. The van der Waals surface area contributed by atoms with Gasteiger partial charge in [-0.3, -0.25) is 0 Å². The van der Waals surface area contributed by atoms with Crippen molar-refractivity contribution in [1.29, 1.82) is 0 Å².